The maximum absolute atomic E-state index is 4.54. The van der Waals surface area contributed by atoms with Crippen molar-refractivity contribution in [3.8, 4) is 11.4 Å². The maximum atomic E-state index is 4.54. The third-order valence-electron chi connectivity index (χ3n) is 3.11. The highest BCUT2D eigenvalue weighted by molar-refractivity contribution is 5.53. The SMILES string of the molecule is Cc1nc(-c2ccn[nH]2)cc(C2CCNC2)n1. The van der Waals surface area contributed by atoms with Gasteiger partial charge in [0, 0.05) is 24.4 Å². The molecule has 2 N–H and O–H groups in total. The molecule has 0 spiro atoms. The van der Waals surface area contributed by atoms with Gasteiger partial charge in [0.25, 0.3) is 0 Å². The van der Waals surface area contributed by atoms with Crippen LogP contribution in [0.25, 0.3) is 11.4 Å². The molecule has 0 radical (unpaired) electrons. The molecular weight excluding hydrogens is 214 g/mol. The lowest BCUT2D eigenvalue weighted by Crippen LogP contribution is -2.10. The summed E-state index contributed by atoms with van der Waals surface area (Å²) in [6.07, 6.45) is 2.89. The normalized spacial score (nSPS) is 19.7. The van der Waals surface area contributed by atoms with Crippen LogP contribution >= 0.6 is 0 Å². The van der Waals surface area contributed by atoms with Gasteiger partial charge in [-0.25, -0.2) is 9.97 Å². The molecule has 1 unspecified atom stereocenters. The summed E-state index contributed by atoms with van der Waals surface area (Å²) in [7, 11) is 0. The molecule has 0 aromatic carbocycles. The lowest BCUT2D eigenvalue weighted by atomic mass is 10.0. The zero-order valence-corrected chi connectivity index (χ0v) is 9.77. The van der Waals surface area contributed by atoms with Crippen molar-refractivity contribution in [3.63, 3.8) is 0 Å². The van der Waals surface area contributed by atoms with E-state index in [1.54, 1.807) is 6.20 Å². The van der Waals surface area contributed by atoms with Crippen molar-refractivity contribution in [2.24, 2.45) is 0 Å². The van der Waals surface area contributed by atoms with Gasteiger partial charge in [0.05, 0.1) is 11.4 Å². The Morgan fingerprint density at radius 1 is 1.35 bits per heavy atom. The van der Waals surface area contributed by atoms with Gasteiger partial charge in [-0.1, -0.05) is 0 Å². The van der Waals surface area contributed by atoms with Crippen LogP contribution in [0, 0.1) is 6.92 Å². The predicted octanol–water partition coefficient (Wildman–Crippen LogP) is 1.25. The van der Waals surface area contributed by atoms with Crippen molar-refractivity contribution in [2.75, 3.05) is 13.1 Å². The number of hydrogen-bond acceptors (Lipinski definition) is 4. The second-order valence-electron chi connectivity index (χ2n) is 4.39. The Bertz CT molecular complexity index is 500. The molecule has 0 saturated carbocycles. The quantitative estimate of drug-likeness (QED) is 0.813. The van der Waals surface area contributed by atoms with Crippen LogP contribution in [0.5, 0.6) is 0 Å². The van der Waals surface area contributed by atoms with Crippen molar-refractivity contribution in [1.29, 1.82) is 0 Å². The van der Waals surface area contributed by atoms with Crippen molar-refractivity contribution in [3.05, 3.63) is 29.8 Å². The van der Waals surface area contributed by atoms with E-state index in [1.807, 2.05) is 13.0 Å². The van der Waals surface area contributed by atoms with E-state index in [0.29, 0.717) is 5.92 Å². The summed E-state index contributed by atoms with van der Waals surface area (Å²) in [5, 5.41) is 10.3. The highest BCUT2D eigenvalue weighted by Crippen LogP contribution is 2.23. The Morgan fingerprint density at radius 3 is 3.00 bits per heavy atom. The van der Waals surface area contributed by atoms with E-state index in [1.165, 1.54) is 0 Å². The van der Waals surface area contributed by atoms with E-state index < -0.39 is 0 Å². The van der Waals surface area contributed by atoms with Gasteiger partial charge >= 0.3 is 0 Å². The minimum absolute atomic E-state index is 0.512. The summed E-state index contributed by atoms with van der Waals surface area (Å²) in [5.74, 6) is 1.33. The Balaban J connectivity index is 2.00. The van der Waals surface area contributed by atoms with E-state index >= 15 is 0 Å². The Morgan fingerprint density at radius 2 is 2.29 bits per heavy atom. The molecule has 3 heterocycles. The van der Waals surface area contributed by atoms with Crippen LogP contribution in [0.15, 0.2) is 18.3 Å². The second-order valence-corrected chi connectivity index (χ2v) is 4.39. The predicted molar refractivity (Wildman–Crippen MR) is 64.6 cm³/mol. The summed E-state index contributed by atoms with van der Waals surface area (Å²) >= 11 is 0. The number of rotatable bonds is 2. The van der Waals surface area contributed by atoms with Gasteiger partial charge in [0.15, 0.2) is 0 Å². The molecule has 1 atom stereocenters. The molecule has 2 aromatic heterocycles. The lowest BCUT2D eigenvalue weighted by molar-refractivity contribution is 0.725. The first-order valence-electron chi connectivity index (χ1n) is 5.89. The van der Waals surface area contributed by atoms with Crippen LogP contribution in [0.4, 0.5) is 0 Å². The highest BCUT2D eigenvalue weighted by Gasteiger charge is 2.19. The van der Waals surface area contributed by atoms with Crippen molar-refractivity contribution < 1.29 is 0 Å². The molecule has 1 aliphatic rings. The van der Waals surface area contributed by atoms with Crippen LogP contribution in [0.3, 0.4) is 0 Å². The molecule has 2 aromatic rings. The van der Waals surface area contributed by atoms with Gasteiger partial charge in [-0.15, -0.1) is 0 Å². The van der Waals surface area contributed by atoms with Gasteiger partial charge in [-0.3, -0.25) is 5.10 Å². The topological polar surface area (TPSA) is 66.5 Å². The smallest absolute Gasteiger partial charge is 0.126 e. The highest BCUT2D eigenvalue weighted by atomic mass is 15.1. The van der Waals surface area contributed by atoms with Crippen molar-refractivity contribution in [1.82, 2.24) is 25.5 Å². The zero-order chi connectivity index (χ0) is 11.7. The second kappa shape index (κ2) is 4.25. The largest absolute Gasteiger partial charge is 0.316 e. The van der Waals surface area contributed by atoms with E-state index in [0.717, 1.165) is 42.4 Å². The molecule has 5 heteroatoms. The molecule has 1 saturated heterocycles. The molecule has 5 nitrogen and oxygen atoms in total. The average molecular weight is 229 g/mol. The van der Waals surface area contributed by atoms with E-state index in [9.17, 15) is 0 Å². The van der Waals surface area contributed by atoms with Gasteiger partial charge in [-0.05, 0) is 32.0 Å². The summed E-state index contributed by atoms with van der Waals surface area (Å²) in [4.78, 5) is 8.99. The summed E-state index contributed by atoms with van der Waals surface area (Å²) in [5.41, 5.74) is 3.01. The molecule has 1 aliphatic heterocycles. The molecule has 1 fully saturated rings. The number of aromatic nitrogens is 4. The minimum Gasteiger partial charge on any atom is -0.316 e. The van der Waals surface area contributed by atoms with Crippen LogP contribution in [0.1, 0.15) is 23.9 Å². The van der Waals surface area contributed by atoms with E-state index in [2.05, 4.69) is 31.5 Å². The first-order valence-corrected chi connectivity index (χ1v) is 5.89. The standard InChI is InChI=1S/C12H15N5/c1-8-15-11(9-2-4-13-7-9)6-12(16-8)10-3-5-14-17-10/h3,5-6,9,13H,2,4,7H2,1H3,(H,14,17). The number of aryl methyl sites for hydroxylation is 1. The average Bonchev–Trinajstić information content (AvgIpc) is 3.02. The molecule has 0 bridgehead atoms. The van der Waals surface area contributed by atoms with Crippen LogP contribution in [-0.4, -0.2) is 33.3 Å². The Labute approximate surface area is 99.7 Å². The zero-order valence-electron chi connectivity index (χ0n) is 9.77. The third-order valence-corrected chi connectivity index (χ3v) is 3.11. The fourth-order valence-electron chi connectivity index (χ4n) is 2.24. The van der Waals surface area contributed by atoms with Crippen LogP contribution in [0.2, 0.25) is 0 Å². The number of hydrogen-bond donors (Lipinski definition) is 2. The number of H-pyrrole nitrogens is 1. The van der Waals surface area contributed by atoms with Crippen LogP contribution in [-0.2, 0) is 0 Å². The van der Waals surface area contributed by atoms with Crippen molar-refractivity contribution in [2.45, 2.75) is 19.3 Å². The fourth-order valence-corrected chi connectivity index (χ4v) is 2.24. The van der Waals surface area contributed by atoms with E-state index in [-0.39, 0.29) is 0 Å². The summed E-state index contributed by atoms with van der Waals surface area (Å²) in [6.45, 7) is 4.03. The Hall–Kier alpha value is -1.75. The van der Waals surface area contributed by atoms with Gasteiger partial charge in [0.2, 0.25) is 0 Å². The molecule has 0 amide bonds. The molecule has 3 rings (SSSR count). The minimum atomic E-state index is 0.512. The monoisotopic (exact) mass is 229 g/mol. The first kappa shape index (κ1) is 10.4. The number of aromatic amines is 1. The maximum Gasteiger partial charge on any atom is 0.126 e. The van der Waals surface area contributed by atoms with Crippen LogP contribution < -0.4 is 5.32 Å². The van der Waals surface area contributed by atoms with Gasteiger partial charge in [-0.2, -0.15) is 5.10 Å². The van der Waals surface area contributed by atoms with Crippen molar-refractivity contribution >= 4 is 0 Å². The summed E-state index contributed by atoms with van der Waals surface area (Å²) in [6, 6.07) is 4.00. The molecule has 88 valence electrons. The number of nitrogens with one attached hydrogen (secondary N) is 2. The van der Waals surface area contributed by atoms with Gasteiger partial charge < -0.3 is 5.32 Å². The summed E-state index contributed by atoms with van der Waals surface area (Å²) < 4.78 is 0. The number of nitrogens with zero attached hydrogens (tertiary/aromatic N) is 3. The first-order chi connectivity index (χ1) is 8.33. The lowest BCUT2D eigenvalue weighted by Gasteiger charge is -2.09. The fraction of sp³-hybridized carbons (Fsp3) is 0.417. The molecule has 17 heavy (non-hydrogen) atoms. The van der Waals surface area contributed by atoms with Gasteiger partial charge in [0.1, 0.15) is 5.82 Å². The molecular formula is C12H15N5. The molecule has 0 aliphatic carbocycles. The van der Waals surface area contributed by atoms with E-state index in [4.69, 9.17) is 0 Å². The Kier molecular flexibility index (Phi) is 2.60. The third kappa shape index (κ3) is 2.06.